The van der Waals surface area contributed by atoms with Gasteiger partial charge in [-0.15, -0.1) is 0 Å². The molecule has 1 atom stereocenters. The monoisotopic (exact) mass is 369 g/mol. The molecule has 3 nitrogen and oxygen atoms in total. The second-order valence-corrected chi connectivity index (χ2v) is 5.94. The van der Waals surface area contributed by atoms with Gasteiger partial charge >= 0.3 is 0 Å². The Kier molecular flexibility index (Phi) is 4.99. The maximum atomic E-state index is 4.52. The topological polar surface area (TPSA) is 29.9 Å². The predicted octanol–water partition coefficient (Wildman–Crippen LogP) is 3.32. The van der Waals surface area contributed by atoms with Gasteiger partial charge in [0.05, 0.1) is 5.69 Å². The highest BCUT2D eigenvalue weighted by Crippen LogP contribution is 2.20. The zero-order chi connectivity index (χ0) is 13.8. The highest BCUT2D eigenvalue weighted by atomic mass is 127. The molecule has 1 heterocycles. The smallest absolute Gasteiger partial charge is 0.0596 e. The molecular formula is C15H20IN3. The Morgan fingerprint density at radius 2 is 2.16 bits per heavy atom. The molecule has 0 bridgehead atoms. The first-order valence-corrected chi connectivity index (χ1v) is 7.68. The van der Waals surface area contributed by atoms with Crippen LogP contribution in [0.5, 0.6) is 0 Å². The molecule has 4 heteroatoms. The van der Waals surface area contributed by atoms with Crippen molar-refractivity contribution in [1.82, 2.24) is 15.1 Å². The molecule has 1 N–H and O–H groups in total. The summed E-state index contributed by atoms with van der Waals surface area (Å²) in [6.07, 6.45) is 0.964. The molecule has 0 radical (unpaired) electrons. The molecule has 0 spiro atoms. The molecule has 2 aromatic rings. The number of benzene rings is 1. The van der Waals surface area contributed by atoms with Gasteiger partial charge in [-0.25, -0.2) is 0 Å². The predicted molar refractivity (Wildman–Crippen MR) is 87.3 cm³/mol. The molecule has 2 rings (SSSR count). The Bertz CT molecular complexity index is 548. The molecule has 0 saturated carbocycles. The van der Waals surface area contributed by atoms with Gasteiger partial charge in [0.15, 0.2) is 0 Å². The van der Waals surface area contributed by atoms with Crippen molar-refractivity contribution in [3.8, 4) is 0 Å². The Morgan fingerprint density at radius 3 is 2.79 bits per heavy atom. The Hall–Kier alpha value is -0.880. The zero-order valence-electron chi connectivity index (χ0n) is 11.7. The first kappa shape index (κ1) is 14.5. The Balaban J connectivity index is 2.23. The number of nitrogens with zero attached hydrogens (tertiary/aromatic N) is 2. The number of aryl methyl sites for hydroxylation is 2. The number of nitrogens with one attached hydrogen (secondary N) is 1. The summed E-state index contributed by atoms with van der Waals surface area (Å²) < 4.78 is 3.36. The fraction of sp³-hybridized carbons (Fsp3) is 0.400. The van der Waals surface area contributed by atoms with Gasteiger partial charge in [-0.1, -0.05) is 12.1 Å². The van der Waals surface area contributed by atoms with Crippen molar-refractivity contribution in [3.05, 3.63) is 50.9 Å². The summed E-state index contributed by atoms with van der Waals surface area (Å²) in [6.45, 7) is 5.11. The van der Waals surface area contributed by atoms with Gasteiger partial charge in [-0.05, 0) is 67.2 Å². The number of halogens is 1. The van der Waals surface area contributed by atoms with E-state index in [2.05, 4.69) is 81.9 Å². The van der Waals surface area contributed by atoms with Crippen molar-refractivity contribution in [1.29, 1.82) is 0 Å². The normalized spacial score (nSPS) is 12.6. The van der Waals surface area contributed by atoms with E-state index in [0.29, 0.717) is 6.04 Å². The van der Waals surface area contributed by atoms with Crippen molar-refractivity contribution in [3.63, 3.8) is 0 Å². The second kappa shape index (κ2) is 6.52. The molecule has 0 aliphatic carbocycles. The number of hydrogen-bond acceptors (Lipinski definition) is 2. The molecule has 102 valence electrons. The molecule has 1 aromatic carbocycles. The van der Waals surface area contributed by atoms with Gasteiger partial charge in [0.25, 0.3) is 0 Å². The maximum Gasteiger partial charge on any atom is 0.0596 e. The largest absolute Gasteiger partial charge is 0.313 e. The van der Waals surface area contributed by atoms with Gasteiger partial charge in [-0.2, -0.15) is 5.10 Å². The molecule has 1 unspecified atom stereocenters. The van der Waals surface area contributed by atoms with Crippen LogP contribution in [0.1, 0.15) is 29.9 Å². The lowest BCUT2D eigenvalue weighted by atomic mass is 10.0. The van der Waals surface area contributed by atoms with Crippen molar-refractivity contribution >= 4 is 22.6 Å². The minimum absolute atomic E-state index is 0.330. The summed E-state index contributed by atoms with van der Waals surface area (Å²) in [5, 5.41) is 7.93. The zero-order valence-corrected chi connectivity index (χ0v) is 13.8. The van der Waals surface area contributed by atoms with E-state index in [0.717, 1.165) is 18.7 Å². The third-order valence-electron chi connectivity index (χ3n) is 3.30. The minimum Gasteiger partial charge on any atom is -0.313 e. The quantitative estimate of drug-likeness (QED) is 0.820. The average Bonchev–Trinajstić information content (AvgIpc) is 2.76. The van der Waals surface area contributed by atoms with Gasteiger partial charge in [-0.3, -0.25) is 4.68 Å². The van der Waals surface area contributed by atoms with E-state index in [9.17, 15) is 0 Å². The van der Waals surface area contributed by atoms with E-state index < -0.39 is 0 Å². The number of likely N-dealkylation sites (N-methyl/N-ethyl adjacent to an activating group) is 1. The summed E-state index contributed by atoms with van der Waals surface area (Å²) in [7, 11) is 2.02. The van der Waals surface area contributed by atoms with Crippen LogP contribution in [0.2, 0.25) is 0 Å². The van der Waals surface area contributed by atoms with E-state index >= 15 is 0 Å². The fourth-order valence-electron chi connectivity index (χ4n) is 2.36. The first-order chi connectivity index (χ1) is 9.13. The molecule has 0 saturated heterocycles. The van der Waals surface area contributed by atoms with E-state index in [1.54, 1.807) is 0 Å². The highest BCUT2D eigenvalue weighted by Gasteiger charge is 2.14. The first-order valence-electron chi connectivity index (χ1n) is 6.60. The average molecular weight is 369 g/mol. The van der Waals surface area contributed by atoms with E-state index in [4.69, 9.17) is 0 Å². The summed E-state index contributed by atoms with van der Waals surface area (Å²) in [5.41, 5.74) is 3.71. The number of hydrogen-bond donors (Lipinski definition) is 1. The van der Waals surface area contributed by atoms with Crippen molar-refractivity contribution in [2.45, 2.75) is 32.9 Å². The second-order valence-electron chi connectivity index (χ2n) is 4.69. The van der Waals surface area contributed by atoms with Crippen LogP contribution in [-0.4, -0.2) is 16.8 Å². The van der Waals surface area contributed by atoms with Crippen molar-refractivity contribution in [2.75, 3.05) is 7.05 Å². The van der Waals surface area contributed by atoms with Gasteiger partial charge < -0.3 is 5.32 Å². The van der Waals surface area contributed by atoms with E-state index in [1.807, 2.05) is 7.05 Å². The molecule has 0 fully saturated rings. The number of rotatable bonds is 5. The van der Waals surface area contributed by atoms with Crippen LogP contribution in [-0.2, 0) is 13.0 Å². The SMILES string of the molecule is CCn1nc(C)cc1CC(NC)c1cccc(I)c1. The molecule has 19 heavy (non-hydrogen) atoms. The molecule has 0 aliphatic rings. The summed E-state index contributed by atoms with van der Waals surface area (Å²) >= 11 is 2.36. The molecule has 1 aromatic heterocycles. The summed E-state index contributed by atoms with van der Waals surface area (Å²) in [5.74, 6) is 0. The minimum atomic E-state index is 0.330. The van der Waals surface area contributed by atoms with Gasteiger partial charge in [0.1, 0.15) is 0 Å². The van der Waals surface area contributed by atoms with Crippen LogP contribution in [0.25, 0.3) is 0 Å². The van der Waals surface area contributed by atoms with Crippen molar-refractivity contribution in [2.24, 2.45) is 0 Å². The third kappa shape index (κ3) is 3.57. The van der Waals surface area contributed by atoms with E-state index in [-0.39, 0.29) is 0 Å². The van der Waals surface area contributed by atoms with Gasteiger partial charge in [0.2, 0.25) is 0 Å². The molecular weight excluding hydrogens is 349 g/mol. The van der Waals surface area contributed by atoms with Crippen LogP contribution in [0, 0.1) is 10.5 Å². The molecule has 0 amide bonds. The lowest BCUT2D eigenvalue weighted by Gasteiger charge is -2.17. The van der Waals surface area contributed by atoms with E-state index in [1.165, 1.54) is 14.8 Å². The van der Waals surface area contributed by atoms with Crippen LogP contribution in [0.15, 0.2) is 30.3 Å². The van der Waals surface area contributed by atoms with Crippen LogP contribution < -0.4 is 5.32 Å². The highest BCUT2D eigenvalue weighted by molar-refractivity contribution is 14.1. The van der Waals surface area contributed by atoms with Crippen molar-refractivity contribution < 1.29 is 0 Å². The summed E-state index contributed by atoms with van der Waals surface area (Å²) in [4.78, 5) is 0. The lowest BCUT2D eigenvalue weighted by Crippen LogP contribution is -2.20. The maximum absolute atomic E-state index is 4.52. The van der Waals surface area contributed by atoms with Crippen LogP contribution in [0.3, 0.4) is 0 Å². The standard InChI is InChI=1S/C15H20IN3/c1-4-19-14(8-11(2)18-19)10-15(17-3)12-6-5-7-13(16)9-12/h5-9,15,17H,4,10H2,1-3H3. The fourth-order valence-corrected chi connectivity index (χ4v) is 2.92. The van der Waals surface area contributed by atoms with Crippen LogP contribution in [0.4, 0.5) is 0 Å². The van der Waals surface area contributed by atoms with Crippen LogP contribution >= 0.6 is 22.6 Å². The van der Waals surface area contributed by atoms with Gasteiger partial charge in [0, 0.05) is 28.3 Å². The molecule has 0 aliphatic heterocycles. The number of aromatic nitrogens is 2. The third-order valence-corrected chi connectivity index (χ3v) is 3.97. The Labute approximate surface area is 128 Å². The Morgan fingerprint density at radius 1 is 1.37 bits per heavy atom. The summed E-state index contributed by atoms with van der Waals surface area (Å²) in [6, 6.07) is 11.2. The lowest BCUT2D eigenvalue weighted by molar-refractivity contribution is 0.541.